The molecule has 0 aromatic rings. The summed E-state index contributed by atoms with van der Waals surface area (Å²) in [5.41, 5.74) is 2.04. The third kappa shape index (κ3) is 2.58. The zero-order chi connectivity index (χ0) is 13.1. The van der Waals surface area contributed by atoms with Gasteiger partial charge in [-0.25, -0.2) is 4.99 Å². The molecule has 18 heavy (non-hydrogen) atoms. The van der Waals surface area contributed by atoms with E-state index in [1.54, 1.807) is 0 Å². The summed E-state index contributed by atoms with van der Waals surface area (Å²) in [6.45, 7) is 13.1. The van der Waals surface area contributed by atoms with Gasteiger partial charge in [-0.3, -0.25) is 0 Å². The second-order valence-corrected chi connectivity index (χ2v) is 4.87. The van der Waals surface area contributed by atoms with Gasteiger partial charge in [0, 0.05) is 12.2 Å². The largest absolute Gasteiger partial charge is 0.488 e. The van der Waals surface area contributed by atoms with Crippen molar-refractivity contribution in [1.82, 2.24) is 4.90 Å². The van der Waals surface area contributed by atoms with E-state index in [9.17, 15) is 0 Å². The number of morpholine rings is 2. The lowest BCUT2D eigenvalue weighted by atomic mass is 10.1. The molecule has 0 aliphatic carbocycles. The topological polar surface area (TPSA) is 34.1 Å². The number of fused-ring (bicyclic) bond motifs is 1. The summed E-state index contributed by atoms with van der Waals surface area (Å²) in [6.07, 6.45) is 0.972. The van der Waals surface area contributed by atoms with Gasteiger partial charge in [0.1, 0.15) is 6.61 Å². The Hall–Kier alpha value is -1.29. The molecule has 2 aliphatic rings. The van der Waals surface area contributed by atoms with Crippen LogP contribution in [-0.4, -0.2) is 43.1 Å². The van der Waals surface area contributed by atoms with Gasteiger partial charge < -0.3 is 14.4 Å². The summed E-state index contributed by atoms with van der Waals surface area (Å²) >= 11 is 0. The molecule has 0 spiro atoms. The molecule has 0 aromatic carbocycles. The van der Waals surface area contributed by atoms with Crippen LogP contribution in [0.4, 0.5) is 0 Å². The van der Waals surface area contributed by atoms with Crippen LogP contribution < -0.4 is 0 Å². The van der Waals surface area contributed by atoms with E-state index in [4.69, 9.17) is 9.47 Å². The van der Waals surface area contributed by atoms with Crippen LogP contribution in [0.1, 0.15) is 27.2 Å². The van der Waals surface area contributed by atoms with Crippen LogP contribution in [0.3, 0.4) is 0 Å². The van der Waals surface area contributed by atoms with Crippen molar-refractivity contribution in [2.75, 3.05) is 26.4 Å². The van der Waals surface area contributed by atoms with Crippen molar-refractivity contribution in [3.8, 4) is 0 Å². The summed E-state index contributed by atoms with van der Waals surface area (Å²) in [5, 5.41) is 0. The van der Waals surface area contributed by atoms with Gasteiger partial charge in [-0.05, 0) is 25.8 Å². The number of amidine groups is 1. The second-order valence-electron chi connectivity index (χ2n) is 4.87. The molecule has 4 nitrogen and oxygen atoms in total. The standard InChI is InChI=1S/C14H22N2O2/c1-5-11(4)13-14(15-10(2)3)16-6-7-17-8-12(16)9-18-13/h12H,2,5-9H2,1,3-4H3/b13-11-,15-14?. The zero-order valence-electron chi connectivity index (χ0n) is 11.5. The minimum absolute atomic E-state index is 0.283. The average molecular weight is 250 g/mol. The number of nitrogens with zero attached hydrogens (tertiary/aromatic N) is 2. The maximum absolute atomic E-state index is 5.90. The maximum Gasteiger partial charge on any atom is 0.172 e. The highest BCUT2D eigenvalue weighted by Crippen LogP contribution is 2.24. The Labute approximate surface area is 109 Å². The number of hydrogen-bond acceptors (Lipinski definition) is 3. The van der Waals surface area contributed by atoms with E-state index in [1.807, 2.05) is 6.92 Å². The molecular formula is C14H22N2O2. The van der Waals surface area contributed by atoms with Gasteiger partial charge >= 0.3 is 0 Å². The molecule has 0 N–H and O–H groups in total. The van der Waals surface area contributed by atoms with Crippen molar-refractivity contribution in [3.63, 3.8) is 0 Å². The zero-order valence-corrected chi connectivity index (χ0v) is 11.5. The van der Waals surface area contributed by atoms with Gasteiger partial charge in [0.2, 0.25) is 0 Å². The van der Waals surface area contributed by atoms with Crippen LogP contribution in [0.25, 0.3) is 0 Å². The van der Waals surface area contributed by atoms with Crippen molar-refractivity contribution in [2.24, 2.45) is 4.99 Å². The SMILES string of the molecule is C=C(C)N=C1/C(=C(\C)CC)OCC2COCCN12. The Bertz CT molecular complexity index is 399. The molecule has 0 bridgehead atoms. The van der Waals surface area contributed by atoms with Crippen LogP contribution in [0.2, 0.25) is 0 Å². The molecule has 2 aliphatic heterocycles. The minimum Gasteiger partial charge on any atom is -0.488 e. The van der Waals surface area contributed by atoms with E-state index >= 15 is 0 Å². The van der Waals surface area contributed by atoms with Crippen molar-refractivity contribution >= 4 is 5.84 Å². The van der Waals surface area contributed by atoms with E-state index in [1.165, 1.54) is 5.57 Å². The highest BCUT2D eigenvalue weighted by atomic mass is 16.5. The Kier molecular flexibility index (Phi) is 4.07. The molecule has 2 fully saturated rings. The maximum atomic E-state index is 5.90. The molecule has 1 unspecified atom stereocenters. The molecule has 2 heterocycles. The van der Waals surface area contributed by atoms with E-state index in [2.05, 4.69) is 30.3 Å². The smallest absolute Gasteiger partial charge is 0.172 e. The molecule has 0 amide bonds. The first-order chi connectivity index (χ1) is 8.63. The van der Waals surface area contributed by atoms with Crippen LogP contribution in [0.5, 0.6) is 0 Å². The number of ether oxygens (including phenoxy) is 2. The van der Waals surface area contributed by atoms with Gasteiger partial charge in [0.25, 0.3) is 0 Å². The van der Waals surface area contributed by atoms with Gasteiger partial charge in [-0.2, -0.15) is 0 Å². The Morgan fingerprint density at radius 1 is 1.44 bits per heavy atom. The quantitative estimate of drug-likeness (QED) is 0.754. The van der Waals surface area contributed by atoms with Crippen molar-refractivity contribution in [1.29, 1.82) is 0 Å². The first-order valence-electron chi connectivity index (χ1n) is 6.55. The summed E-state index contributed by atoms with van der Waals surface area (Å²) in [5.74, 6) is 1.86. The van der Waals surface area contributed by atoms with E-state index in [0.717, 1.165) is 36.9 Å². The van der Waals surface area contributed by atoms with E-state index < -0.39 is 0 Å². The molecule has 0 saturated carbocycles. The van der Waals surface area contributed by atoms with Crippen molar-refractivity contribution in [2.45, 2.75) is 33.2 Å². The Balaban J connectivity index is 2.36. The fourth-order valence-electron chi connectivity index (χ4n) is 2.22. The van der Waals surface area contributed by atoms with Crippen molar-refractivity contribution < 1.29 is 9.47 Å². The predicted octanol–water partition coefficient (Wildman–Crippen LogP) is 2.33. The number of aliphatic imine (C=N–C) groups is 1. The predicted molar refractivity (Wildman–Crippen MR) is 72.5 cm³/mol. The number of hydrogen-bond donors (Lipinski definition) is 0. The average Bonchev–Trinajstić information content (AvgIpc) is 2.37. The first kappa shape index (κ1) is 13.1. The van der Waals surface area contributed by atoms with Gasteiger partial charge in [0.15, 0.2) is 11.6 Å². The highest BCUT2D eigenvalue weighted by Gasteiger charge is 2.34. The third-order valence-corrected chi connectivity index (χ3v) is 3.34. The van der Waals surface area contributed by atoms with Crippen LogP contribution in [-0.2, 0) is 9.47 Å². The normalized spacial score (nSPS) is 28.7. The molecule has 2 saturated heterocycles. The van der Waals surface area contributed by atoms with Gasteiger partial charge in [0.05, 0.1) is 19.3 Å². The van der Waals surface area contributed by atoms with E-state index in [-0.39, 0.29) is 6.04 Å². The monoisotopic (exact) mass is 250 g/mol. The Morgan fingerprint density at radius 3 is 2.89 bits per heavy atom. The molecule has 0 aromatic heterocycles. The highest BCUT2D eigenvalue weighted by molar-refractivity contribution is 5.98. The van der Waals surface area contributed by atoms with Crippen LogP contribution in [0, 0.1) is 0 Å². The lowest BCUT2D eigenvalue weighted by molar-refractivity contribution is -0.0156. The fraction of sp³-hybridized carbons (Fsp3) is 0.643. The van der Waals surface area contributed by atoms with Crippen LogP contribution >= 0.6 is 0 Å². The molecular weight excluding hydrogens is 228 g/mol. The van der Waals surface area contributed by atoms with E-state index in [0.29, 0.717) is 13.2 Å². The number of rotatable bonds is 2. The minimum atomic E-state index is 0.283. The number of allylic oxidation sites excluding steroid dienone is 2. The lowest BCUT2D eigenvalue weighted by Gasteiger charge is -2.42. The second kappa shape index (κ2) is 5.57. The summed E-state index contributed by atoms with van der Waals surface area (Å²) in [7, 11) is 0. The van der Waals surface area contributed by atoms with Gasteiger partial charge in [-0.1, -0.05) is 13.5 Å². The summed E-state index contributed by atoms with van der Waals surface area (Å²) in [4.78, 5) is 6.88. The molecule has 4 heteroatoms. The summed E-state index contributed by atoms with van der Waals surface area (Å²) < 4.78 is 11.4. The van der Waals surface area contributed by atoms with Crippen molar-refractivity contribution in [3.05, 3.63) is 23.6 Å². The first-order valence-corrected chi connectivity index (χ1v) is 6.55. The van der Waals surface area contributed by atoms with Crippen LogP contribution in [0.15, 0.2) is 28.6 Å². The van der Waals surface area contributed by atoms with Gasteiger partial charge in [-0.15, -0.1) is 0 Å². The molecule has 0 radical (unpaired) electrons. The summed E-state index contributed by atoms with van der Waals surface area (Å²) in [6, 6.07) is 0.283. The molecule has 2 rings (SSSR count). The third-order valence-electron chi connectivity index (χ3n) is 3.34. The molecule has 100 valence electrons. The Morgan fingerprint density at radius 2 is 2.22 bits per heavy atom. The lowest BCUT2D eigenvalue weighted by Crippen LogP contribution is -2.55. The fourth-order valence-corrected chi connectivity index (χ4v) is 2.22. The molecule has 1 atom stereocenters.